The number of aromatic nitrogens is 2. The predicted octanol–water partition coefficient (Wildman–Crippen LogP) is 1.82. The molecule has 0 unspecified atom stereocenters. The Hall–Kier alpha value is -1.00. The number of hydrogen-bond acceptors (Lipinski definition) is 1. The van der Waals surface area contributed by atoms with Crippen LogP contribution in [-0.2, 0) is 6.42 Å². The molecule has 62 valence electrons. The van der Waals surface area contributed by atoms with Gasteiger partial charge in [0.05, 0.1) is 12.1 Å². The second kappa shape index (κ2) is 2.56. The maximum Gasteiger partial charge on any atom is 0.394 e. The van der Waals surface area contributed by atoms with E-state index in [0.29, 0.717) is 5.69 Å². The fourth-order valence-corrected chi connectivity index (χ4v) is 0.770. The van der Waals surface area contributed by atoms with Gasteiger partial charge in [0, 0.05) is 5.69 Å². The molecule has 1 rings (SSSR count). The summed E-state index contributed by atoms with van der Waals surface area (Å²) >= 11 is 0. The molecule has 5 heteroatoms. The molecule has 2 nitrogen and oxygen atoms in total. The summed E-state index contributed by atoms with van der Waals surface area (Å²) in [6.07, 6.45) is -5.13. The van der Waals surface area contributed by atoms with Crippen molar-refractivity contribution in [2.24, 2.45) is 0 Å². The Balaban J connectivity index is 2.65. The number of H-pyrrole nitrogens is 1. The Morgan fingerprint density at radius 1 is 1.55 bits per heavy atom. The molecule has 0 saturated carbocycles. The highest BCUT2D eigenvalue weighted by Crippen LogP contribution is 2.19. The number of rotatable bonds is 1. The molecule has 11 heavy (non-hydrogen) atoms. The minimum Gasteiger partial charge on any atom is -0.283 e. The third kappa shape index (κ3) is 2.61. The second-order valence-corrected chi connectivity index (χ2v) is 2.33. The molecule has 0 spiro atoms. The van der Waals surface area contributed by atoms with Crippen LogP contribution in [0.2, 0.25) is 0 Å². The first-order valence-electron chi connectivity index (χ1n) is 3.05. The molecule has 1 aromatic heterocycles. The Kier molecular flexibility index (Phi) is 1.89. The predicted molar refractivity (Wildman–Crippen MR) is 33.1 cm³/mol. The van der Waals surface area contributed by atoms with Gasteiger partial charge in [0.2, 0.25) is 0 Å². The van der Waals surface area contributed by atoms with Crippen LogP contribution in [0.15, 0.2) is 6.07 Å². The molecular formula is C6H7F3N2. The van der Waals surface area contributed by atoms with Crippen molar-refractivity contribution >= 4 is 0 Å². The Morgan fingerprint density at radius 2 is 2.18 bits per heavy atom. The number of nitrogens with zero attached hydrogens (tertiary/aromatic N) is 1. The lowest BCUT2D eigenvalue weighted by molar-refractivity contribution is -0.127. The largest absolute Gasteiger partial charge is 0.394 e. The lowest BCUT2D eigenvalue weighted by Gasteiger charge is -2.01. The van der Waals surface area contributed by atoms with Crippen LogP contribution in [0, 0.1) is 6.92 Å². The minimum atomic E-state index is -4.17. The van der Waals surface area contributed by atoms with E-state index < -0.39 is 12.6 Å². The quantitative estimate of drug-likeness (QED) is 0.673. The van der Waals surface area contributed by atoms with Gasteiger partial charge in [-0.2, -0.15) is 18.3 Å². The van der Waals surface area contributed by atoms with Gasteiger partial charge in [0.25, 0.3) is 0 Å². The zero-order chi connectivity index (χ0) is 8.48. The van der Waals surface area contributed by atoms with Gasteiger partial charge in [0.15, 0.2) is 0 Å². The summed E-state index contributed by atoms with van der Waals surface area (Å²) in [5, 5.41) is 5.90. The summed E-state index contributed by atoms with van der Waals surface area (Å²) in [5.41, 5.74) is 0.680. The topological polar surface area (TPSA) is 28.7 Å². The van der Waals surface area contributed by atoms with E-state index in [4.69, 9.17) is 0 Å². The first-order chi connectivity index (χ1) is 4.97. The monoisotopic (exact) mass is 164 g/mol. The molecule has 0 bridgehead atoms. The van der Waals surface area contributed by atoms with Crippen LogP contribution in [0.4, 0.5) is 13.2 Å². The Bertz CT molecular complexity index is 238. The zero-order valence-corrected chi connectivity index (χ0v) is 5.87. The van der Waals surface area contributed by atoms with Crippen LogP contribution in [0.1, 0.15) is 11.4 Å². The fraction of sp³-hybridized carbons (Fsp3) is 0.500. The molecule has 0 aliphatic rings. The third-order valence-corrected chi connectivity index (χ3v) is 1.14. The maximum atomic E-state index is 11.7. The average molecular weight is 164 g/mol. The van der Waals surface area contributed by atoms with E-state index in [1.165, 1.54) is 6.07 Å². The molecule has 0 atom stereocenters. The molecule has 0 fully saturated rings. The van der Waals surface area contributed by atoms with Gasteiger partial charge in [-0.1, -0.05) is 0 Å². The third-order valence-electron chi connectivity index (χ3n) is 1.14. The lowest BCUT2D eigenvalue weighted by atomic mass is 10.3. The summed E-state index contributed by atoms with van der Waals surface area (Å²) < 4.78 is 35.1. The summed E-state index contributed by atoms with van der Waals surface area (Å²) in [5.74, 6) is 0. The molecule has 1 N–H and O–H groups in total. The highest BCUT2D eigenvalue weighted by molar-refractivity contribution is 5.07. The first kappa shape index (κ1) is 8.10. The maximum absolute atomic E-state index is 11.7. The first-order valence-corrected chi connectivity index (χ1v) is 3.05. The SMILES string of the molecule is Cc1cc(CC(F)(F)F)n[nH]1. The van der Waals surface area contributed by atoms with Crippen molar-refractivity contribution in [2.75, 3.05) is 0 Å². The van der Waals surface area contributed by atoms with E-state index >= 15 is 0 Å². The van der Waals surface area contributed by atoms with E-state index in [1.54, 1.807) is 6.92 Å². The van der Waals surface area contributed by atoms with Crippen molar-refractivity contribution in [3.63, 3.8) is 0 Å². The van der Waals surface area contributed by atoms with E-state index in [-0.39, 0.29) is 5.69 Å². The van der Waals surface area contributed by atoms with Gasteiger partial charge >= 0.3 is 6.18 Å². The number of halogens is 3. The summed E-state index contributed by atoms with van der Waals surface area (Å²) in [6, 6.07) is 1.38. The molecule has 0 aliphatic carbocycles. The van der Waals surface area contributed by atoms with Gasteiger partial charge in [-0.05, 0) is 13.0 Å². The number of aryl methyl sites for hydroxylation is 1. The summed E-state index contributed by atoms with van der Waals surface area (Å²) in [6.45, 7) is 1.66. The van der Waals surface area contributed by atoms with Crippen molar-refractivity contribution in [3.05, 3.63) is 17.5 Å². The smallest absolute Gasteiger partial charge is 0.283 e. The second-order valence-electron chi connectivity index (χ2n) is 2.33. The molecule has 0 amide bonds. The molecule has 0 aromatic carbocycles. The Labute approximate surface area is 61.4 Å². The fourth-order valence-electron chi connectivity index (χ4n) is 0.770. The van der Waals surface area contributed by atoms with Gasteiger partial charge in [0.1, 0.15) is 0 Å². The van der Waals surface area contributed by atoms with Crippen molar-refractivity contribution < 1.29 is 13.2 Å². The van der Waals surface area contributed by atoms with Crippen molar-refractivity contribution in [1.29, 1.82) is 0 Å². The van der Waals surface area contributed by atoms with Crippen molar-refractivity contribution in [3.8, 4) is 0 Å². The zero-order valence-electron chi connectivity index (χ0n) is 5.87. The number of hydrogen-bond donors (Lipinski definition) is 1. The standard InChI is InChI=1S/C6H7F3N2/c1-4-2-5(11-10-4)3-6(7,8)9/h2H,3H2,1H3,(H,10,11). The van der Waals surface area contributed by atoms with Gasteiger partial charge < -0.3 is 0 Å². The normalized spacial score (nSPS) is 12.0. The van der Waals surface area contributed by atoms with Gasteiger partial charge in [-0.15, -0.1) is 0 Å². The number of aromatic amines is 1. The van der Waals surface area contributed by atoms with Crippen LogP contribution < -0.4 is 0 Å². The average Bonchev–Trinajstić information content (AvgIpc) is 2.10. The number of nitrogens with one attached hydrogen (secondary N) is 1. The van der Waals surface area contributed by atoms with Crippen LogP contribution in [0.5, 0.6) is 0 Å². The molecule has 0 saturated heterocycles. The van der Waals surface area contributed by atoms with E-state index in [1.807, 2.05) is 0 Å². The minimum absolute atomic E-state index is 0.0370. The van der Waals surface area contributed by atoms with Gasteiger partial charge in [-0.3, -0.25) is 5.10 Å². The summed E-state index contributed by atoms with van der Waals surface area (Å²) in [4.78, 5) is 0. The molecule has 1 aromatic rings. The lowest BCUT2D eigenvalue weighted by Crippen LogP contribution is -2.11. The molecule has 0 radical (unpaired) electrons. The molecule has 1 heterocycles. The Morgan fingerprint density at radius 3 is 2.55 bits per heavy atom. The number of alkyl halides is 3. The van der Waals surface area contributed by atoms with E-state index in [2.05, 4.69) is 10.2 Å². The highest BCUT2D eigenvalue weighted by atomic mass is 19.4. The van der Waals surface area contributed by atoms with Crippen molar-refractivity contribution in [1.82, 2.24) is 10.2 Å². The van der Waals surface area contributed by atoms with Crippen LogP contribution in [0.25, 0.3) is 0 Å². The molecular weight excluding hydrogens is 157 g/mol. The van der Waals surface area contributed by atoms with Crippen LogP contribution in [-0.4, -0.2) is 16.4 Å². The van der Waals surface area contributed by atoms with Crippen LogP contribution >= 0.6 is 0 Å². The van der Waals surface area contributed by atoms with E-state index in [0.717, 1.165) is 0 Å². The molecule has 0 aliphatic heterocycles. The van der Waals surface area contributed by atoms with Crippen molar-refractivity contribution in [2.45, 2.75) is 19.5 Å². The van der Waals surface area contributed by atoms with E-state index in [9.17, 15) is 13.2 Å². The van der Waals surface area contributed by atoms with Gasteiger partial charge in [-0.25, -0.2) is 0 Å². The highest BCUT2D eigenvalue weighted by Gasteiger charge is 2.28. The van der Waals surface area contributed by atoms with Crippen LogP contribution in [0.3, 0.4) is 0 Å². The summed E-state index contributed by atoms with van der Waals surface area (Å²) in [7, 11) is 0.